The fraction of sp³-hybridized carbons (Fsp3) is 0.308. The van der Waals surface area contributed by atoms with Crippen molar-refractivity contribution < 1.29 is 23.8 Å². The third-order valence-electron chi connectivity index (χ3n) is 2.93. The van der Waals surface area contributed by atoms with E-state index in [1.54, 1.807) is 0 Å². The first-order chi connectivity index (χ1) is 9.74. The average Bonchev–Trinajstić information content (AvgIpc) is 3.04. The molecule has 2 heterocycles. The molecule has 0 fully saturated rings. The van der Waals surface area contributed by atoms with Crippen molar-refractivity contribution in [1.29, 1.82) is 0 Å². The molecule has 0 bridgehead atoms. The number of carboxylic acids is 1. The number of hydrogen-bond donors (Lipinski definition) is 1. The highest BCUT2D eigenvalue weighted by Gasteiger charge is 2.29. The van der Waals surface area contributed by atoms with Crippen LogP contribution in [0.5, 0.6) is 5.75 Å². The highest BCUT2D eigenvalue weighted by Crippen LogP contribution is 2.37. The maximum atomic E-state index is 10.3. The normalized spacial score (nSPS) is 16.7. The molecule has 0 radical (unpaired) electrons. The zero-order chi connectivity index (χ0) is 13.9. The summed E-state index contributed by atoms with van der Waals surface area (Å²) in [6, 6.07) is 7.67. The van der Waals surface area contributed by atoms with Gasteiger partial charge in [0, 0.05) is 5.56 Å². The summed E-state index contributed by atoms with van der Waals surface area (Å²) in [6.45, 7) is 0.0403. The summed E-state index contributed by atoms with van der Waals surface area (Å²) in [4.78, 5) is 10.3. The van der Waals surface area contributed by atoms with Gasteiger partial charge in [0.25, 0.3) is 0 Å². The number of carboxylic acid groups (broad SMARTS) is 1. The Labute approximate surface area is 114 Å². The van der Waals surface area contributed by atoms with E-state index in [0.717, 1.165) is 11.3 Å². The van der Waals surface area contributed by atoms with Crippen molar-refractivity contribution >= 4 is 5.97 Å². The third kappa shape index (κ3) is 2.48. The van der Waals surface area contributed by atoms with E-state index in [0.29, 0.717) is 12.5 Å². The molecule has 0 aliphatic carbocycles. The zero-order valence-electron chi connectivity index (χ0n) is 10.5. The second-order valence-corrected chi connectivity index (χ2v) is 4.32. The van der Waals surface area contributed by atoms with Gasteiger partial charge in [-0.2, -0.15) is 0 Å². The quantitative estimate of drug-likeness (QED) is 0.876. The predicted octanol–water partition coefficient (Wildman–Crippen LogP) is 1.20. The number of nitrogens with zero attached hydrogens (tertiary/aromatic N) is 2. The van der Waals surface area contributed by atoms with Gasteiger partial charge in [0.1, 0.15) is 25.6 Å². The summed E-state index contributed by atoms with van der Waals surface area (Å²) in [7, 11) is 0. The average molecular weight is 276 g/mol. The van der Waals surface area contributed by atoms with Crippen LogP contribution >= 0.6 is 0 Å². The van der Waals surface area contributed by atoms with Crippen LogP contribution in [0, 0.1) is 0 Å². The Morgan fingerprint density at radius 2 is 2.25 bits per heavy atom. The van der Waals surface area contributed by atoms with E-state index in [1.807, 2.05) is 24.3 Å². The number of carbonyl (C=O) groups is 1. The molecule has 0 amide bonds. The molecule has 1 aliphatic rings. The van der Waals surface area contributed by atoms with Crippen LogP contribution in [0.15, 0.2) is 28.7 Å². The summed E-state index contributed by atoms with van der Waals surface area (Å²) in [5.74, 6) is 0.392. The van der Waals surface area contributed by atoms with Crippen LogP contribution in [-0.4, -0.2) is 34.5 Å². The summed E-state index contributed by atoms with van der Waals surface area (Å²) in [5, 5.41) is 16.3. The highest BCUT2D eigenvalue weighted by molar-refractivity contribution is 5.67. The third-order valence-corrected chi connectivity index (χ3v) is 2.93. The number of aromatic nitrogens is 2. The number of ether oxygens (including phenoxy) is 2. The van der Waals surface area contributed by atoms with Crippen LogP contribution in [0.2, 0.25) is 0 Å². The van der Waals surface area contributed by atoms with Crippen LogP contribution in [-0.2, 0) is 16.1 Å². The van der Waals surface area contributed by atoms with Gasteiger partial charge >= 0.3 is 5.97 Å². The Hall–Kier alpha value is -2.41. The lowest BCUT2D eigenvalue weighted by atomic mass is 10.0. The van der Waals surface area contributed by atoms with Crippen LogP contribution < -0.4 is 4.74 Å². The SMILES string of the molecule is O=C(O)COCc1nnc(C2COc3ccccc32)o1. The lowest BCUT2D eigenvalue weighted by Crippen LogP contribution is -2.06. The van der Waals surface area contributed by atoms with Gasteiger partial charge in [0.2, 0.25) is 11.8 Å². The Bertz CT molecular complexity index is 625. The molecule has 7 nitrogen and oxygen atoms in total. The van der Waals surface area contributed by atoms with Crippen molar-refractivity contribution in [2.45, 2.75) is 12.5 Å². The molecule has 3 rings (SSSR count). The molecular formula is C13H12N2O5. The molecule has 1 atom stereocenters. The van der Waals surface area contributed by atoms with Crippen molar-refractivity contribution in [3.8, 4) is 5.75 Å². The number of para-hydroxylation sites is 1. The lowest BCUT2D eigenvalue weighted by molar-refractivity contribution is -0.142. The molecule has 104 valence electrons. The van der Waals surface area contributed by atoms with Crippen LogP contribution in [0.3, 0.4) is 0 Å². The van der Waals surface area contributed by atoms with E-state index in [9.17, 15) is 4.79 Å². The monoisotopic (exact) mass is 276 g/mol. The van der Waals surface area contributed by atoms with Crippen molar-refractivity contribution in [3.05, 3.63) is 41.6 Å². The molecule has 1 unspecified atom stereocenters. The van der Waals surface area contributed by atoms with Crippen LogP contribution in [0.4, 0.5) is 0 Å². The van der Waals surface area contributed by atoms with Gasteiger partial charge in [0.05, 0.1) is 5.92 Å². The van der Waals surface area contributed by atoms with Gasteiger partial charge < -0.3 is 19.0 Å². The van der Waals surface area contributed by atoms with Gasteiger partial charge in [-0.25, -0.2) is 4.79 Å². The molecule has 1 aliphatic heterocycles. The second kappa shape index (κ2) is 5.30. The molecule has 1 aromatic carbocycles. The first-order valence-corrected chi connectivity index (χ1v) is 6.07. The molecule has 0 saturated heterocycles. The highest BCUT2D eigenvalue weighted by atomic mass is 16.5. The Kier molecular flexibility index (Phi) is 3.34. The van der Waals surface area contributed by atoms with Gasteiger partial charge in [-0.05, 0) is 6.07 Å². The fourth-order valence-electron chi connectivity index (χ4n) is 2.06. The molecule has 20 heavy (non-hydrogen) atoms. The largest absolute Gasteiger partial charge is 0.492 e. The molecule has 0 spiro atoms. The summed E-state index contributed by atoms with van der Waals surface area (Å²) in [6.07, 6.45) is 0. The minimum absolute atomic E-state index is 0.0193. The molecule has 0 saturated carbocycles. The molecular weight excluding hydrogens is 264 g/mol. The smallest absolute Gasteiger partial charge is 0.329 e. The Balaban J connectivity index is 1.70. The van der Waals surface area contributed by atoms with Gasteiger partial charge in [-0.1, -0.05) is 18.2 Å². The minimum atomic E-state index is -1.04. The van der Waals surface area contributed by atoms with Crippen molar-refractivity contribution in [2.24, 2.45) is 0 Å². The number of hydrogen-bond acceptors (Lipinski definition) is 6. The zero-order valence-corrected chi connectivity index (χ0v) is 10.5. The lowest BCUT2D eigenvalue weighted by Gasteiger charge is -2.02. The van der Waals surface area contributed by atoms with Gasteiger partial charge in [-0.3, -0.25) is 0 Å². The Morgan fingerprint density at radius 3 is 3.10 bits per heavy atom. The van der Waals surface area contributed by atoms with Crippen LogP contribution in [0.1, 0.15) is 23.3 Å². The van der Waals surface area contributed by atoms with E-state index in [4.69, 9.17) is 19.0 Å². The van der Waals surface area contributed by atoms with Gasteiger partial charge in [-0.15, -0.1) is 10.2 Å². The van der Waals surface area contributed by atoms with E-state index < -0.39 is 12.6 Å². The maximum absolute atomic E-state index is 10.3. The Morgan fingerprint density at radius 1 is 1.40 bits per heavy atom. The van der Waals surface area contributed by atoms with E-state index in [-0.39, 0.29) is 18.4 Å². The molecule has 7 heteroatoms. The second-order valence-electron chi connectivity index (χ2n) is 4.32. The summed E-state index contributed by atoms with van der Waals surface area (Å²) in [5.41, 5.74) is 1.01. The molecule has 1 aromatic heterocycles. The fourth-order valence-corrected chi connectivity index (χ4v) is 2.06. The minimum Gasteiger partial charge on any atom is -0.492 e. The van der Waals surface area contributed by atoms with E-state index >= 15 is 0 Å². The first-order valence-electron chi connectivity index (χ1n) is 6.07. The van der Waals surface area contributed by atoms with Crippen molar-refractivity contribution in [3.63, 3.8) is 0 Å². The predicted molar refractivity (Wildman–Crippen MR) is 65.4 cm³/mol. The maximum Gasteiger partial charge on any atom is 0.329 e. The number of rotatable bonds is 5. The van der Waals surface area contributed by atoms with Crippen LogP contribution in [0.25, 0.3) is 0 Å². The van der Waals surface area contributed by atoms with E-state index in [2.05, 4.69) is 10.2 Å². The number of fused-ring (bicyclic) bond motifs is 1. The number of aliphatic carboxylic acids is 1. The number of benzene rings is 1. The molecule has 1 N–H and O–H groups in total. The summed E-state index contributed by atoms with van der Waals surface area (Å²) < 4.78 is 15.9. The van der Waals surface area contributed by atoms with Crippen molar-refractivity contribution in [1.82, 2.24) is 10.2 Å². The van der Waals surface area contributed by atoms with Crippen molar-refractivity contribution in [2.75, 3.05) is 13.2 Å². The standard InChI is InChI=1S/C13H12N2O5/c16-12(17)7-18-6-11-14-15-13(20-11)9-5-19-10-4-2-1-3-8(9)10/h1-4,9H,5-7H2,(H,16,17). The van der Waals surface area contributed by atoms with E-state index in [1.165, 1.54) is 0 Å². The molecule has 2 aromatic rings. The topological polar surface area (TPSA) is 94.7 Å². The first kappa shape index (κ1) is 12.6. The van der Waals surface area contributed by atoms with Gasteiger partial charge in [0.15, 0.2) is 0 Å². The summed E-state index contributed by atoms with van der Waals surface area (Å²) >= 11 is 0.